The number of hydrogen-bond acceptors (Lipinski definition) is 1. The van der Waals surface area contributed by atoms with Crippen molar-refractivity contribution in [3.05, 3.63) is 35.4 Å². The highest BCUT2D eigenvalue weighted by Gasteiger charge is 2.26. The molecule has 15 heavy (non-hydrogen) atoms. The van der Waals surface area contributed by atoms with Gasteiger partial charge in [0.15, 0.2) is 5.96 Å². The quantitative estimate of drug-likeness (QED) is 0.505. The van der Waals surface area contributed by atoms with Gasteiger partial charge in [-0.1, -0.05) is 24.3 Å². The average molecular weight is 203 g/mol. The van der Waals surface area contributed by atoms with Crippen molar-refractivity contribution in [3.63, 3.8) is 0 Å². The third kappa shape index (κ3) is 1.98. The Balaban J connectivity index is 2.14. The monoisotopic (exact) mass is 203 g/mol. The molecule has 1 amide bonds. The maximum Gasteiger partial charge on any atom is 0.252 e. The van der Waals surface area contributed by atoms with Crippen molar-refractivity contribution in [3.8, 4) is 0 Å². The van der Waals surface area contributed by atoms with Gasteiger partial charge in [0.2, 0.25) is 0 Å². The van der Waals surface area contributed by atoms with Crippen molar-refractivity contribution in [1.29, 1.82) is 0 Å². The maximum atomic E-state index is 11.6. The van der Waals surface area contributed by atoms with Crippen molar-refractivity contribution in [2.24, 2.45) is 22.4 Å². The van der Waals surface area contributed by atoms with E-state index in [4.69, 9.17) is 11.5 Å². The van der Waals surface area contributed by atoms with Gasteiger partial charge in [0, 0.05) is 5.92 Å². The highest BCUT2D eigenvalue weighted by atomic mass is 16.1. The van der Waals surface area contributed by atoms with Gasteiger partial charge >= 0.3 is 0 Å². The number of hydrogen-bond donors (Lipinski definition) is 2. The molecule has 2 rings (SSSR count). The fraction of sp³-hybridized carbons (Fsp3) is 0.273. The summed E-state index contributed by atoms with van der Waals surface area (Å²) in [6, 6.07) is 8.04. The number of fused-ring (bicyclic) bond motifs is 1. The van der Waals surface area contributed by atoms with Crippen LogP contribution in [-0.4, -0.2) is 11.9 Å². The Morgan fingerprint density at radius 2 is 1.73 bits per heavy atom. The molecule has 0 heterocycles. The highest BCUT2D eigenvalue weighted by Crippen LogP contribution is 2.27. The normalized spacial score (nSPS) is 14.7. The van der Waals surface area contributed by atoms with E-state index in [1.165, 1.54) is 11.1 Å². The van der Waals surface area contributed by atoms with Crippen LogP contribution in [0.1, 0.15) is 11.1 Å². The minimum atomic E-state index is -0.216. The molecule has 1 aromatic rings. The maximum absolute atomic E-state index is 11.6. The lowest BCUT2D eigenvalue weighted by Crippen LogP contribution is -2.26. The number of benzene rings is 1. The van der Waals surface area contributed by atoms with E-state index in [9.17, 15) is 4.79 Å². The van der Waals surface area contributed by atoms with Gasteiger partial charge in [-0.2, -0.15) is 4.99 Å². The summed E-state index contributed by atoms with van der Waals surface area (Å²) in [4.78, 5) is 15.2. The van der Waals surface area contributed by atoms with Crippen LogP contribution in [0.25, 0.3) is 0 Å². The summed E-state index contributed by atoms with van der Waals surface area (Å²) in [5.41, 5.74) is 12.8. The van der Waals surface area contributed by atoms with E-state index in [0.717, 1.165) is 12.8 Å². The number of nitrogens with zero attached hydrogens (tertiary/aromatic N) is 1. The van der Waals surface area contributed by atoms with Crippen LogP contribution in [-0.2, 0) is 17.6 Å². The Hall–Kier alpha value is -1.84. The van der Waals surface area contributed by atoms with Crippen molar-refractivity contribution in [2.75, 3.05) is 0 Å². The molecule has 0 radical (unpaired) electrons. The van der Waals surface area contributed by atoms with Gasteiger partial charge in [0.25, 0.3) is 5.91 Å². The van der Waals surface area contributed by atoms with Crippen LogP contribution >= 0.6 is 0 Å². The first-order valence-corrected chi connectivity index (χ1v) is 4.87. The number of carbonyl (C=O) groups excluding carboxylic acids is 1. The second kappa shape index (κ2) is 3.73. The number of amides is 1. The molecule has 0 aliphatic heterocycles. The molecule has 1 aliphatic carbocycles. The van der Waals surface area contributed by atoms with Gasteiger partial charge < -0.3 is 11.5 Å². The van der Waals surface area contributed by atoms with Gasteiger partial charge in [-0.15, -0.1) is 0 Å². The predicted octanol–water partition coefficient (Wildman–Crippen LogP) is 0.201. The number of nitrogens with two attached hydrogens (primary N) is 2. The Labute approximate surface area is 88.0 Å². The Kier molecular flexibility index (Phi) is 2.41. The van der Waals surface area contributed by atoms with Gasteiger partial charge in [0.1, 0.15) is 0 Å². The number of aliphatic imine (C=N–C) groups is 1. The van der Waals surface area contributed by atoms with Crippen molar-refractivity contribution in [2.45, 2.75) is 12.8 Å². The molecule has 4 heteroatoms. The molecule has 0 fully saturated rings. The van der Waals surface area contributed by atoms with E-state index in [0.29, 0.717) is 0 Å². The van der Waals surface area contributed by atoms with Crippen LogP contribution in [0, 0.1) is 5.92 Å². The second-order valence-electron chi connectivity index (χ2n) is 3.75. The van der Waals surface area contributed by atoms with Crippen LogP contribution in [0.5, 0.6) is 0 Å². The van der Waals surface area contributed by atoms with Gasteiger partial charge in [0.05, 0.1) is 0 Å². The Morgan fingerprint density at radius 1 is 1.20 bits per heavy atom. The standard InChI is InChI=1S/C11H13N3O/c12-11(13)14-10(15)9-5-7-3-1-2-4-8(7)6-9/h1-4,9H,5-6H2,(H4,12,13,14,15). The van der Waals surface area contributed by atoms with Crippen LogP contribution in [0.15, 0.2) is 29.3 Å². The summed E-state index contributed by atoms with van der Waals surface area (Å²) in [6.07, 6.45) is 1.48. The zero-order valence-corrected chi connectivity index (χ0v) is 8.31. The predicted molar refractivity (Wildman–Crippen MR) is 58.2 cm³/mol. The summed E-state index contributed by atoms with van der Waals surface area (Å²) in [5, 5.41) is 0. The van der Waals surface area contributed by atoms with Crippen molar-refractivity contribution in [1.82, 2.24) is 0 Å². The molecule has 4 nitrogen and oxygen atoms in total. The molecule has 0 atom stereocenters. The minimum Gasteiger partial charge on any atom is -0.370 e. The summed E-state index contributed by atoms with van der Waals surface area (Å²) in [6.45, 7) is 0. The smallest absolute Gasteiger partial charge is 0.252 e. The second-order valence-corrected chi connectivity index (χ2v) is 3.75. The number of carbonyl (C=O) groups is 1. The first-order valence-electron chi connectivity index (χ1n) is 4.87. The molecule has 0 saturated carbocycles. The first kappa shape index (κ1) is 9.71. The first-order chi connectivity index (χ1) is 7.16. The SMILES string of the molecule is NC(N)=NC(=O)C1Cc2ccccc2C1. The fourth-order valence-corrected chi connectivity index (χ4v) is 1.95. The third-order valence-electron chi connectivity index (χ3n) is 2.64. The molecule has 1 aromatic carbocycles. The Bertz CT molecular complexity index is 397. The fourth-order valence-electron chi connectivity index (χ4n) is 1.95. The van der Waals surface area contributed by atoms with Gasteiger partial charge in [-0.3, -0.25) is 4.79 Å². The molecule has 0 bridgehead atoms. The van der Waals surface area contributed by atoms with Crippen LogP contribution in [0.4, 0.5) is 0 Å². The van der Waals surface area contributed by atoms with Gasteiger partial charge in [-0.05, 0) is 24.0 Å². The largest absolute Gasteiger partial charge is 0.370 e. The van der Waals surface area contributed by atoms with E-state index in [2.05, 4.69) is 4.99 Å². The zero-order chi connectivity index (χ0) is 10.8. The molecular weight excluding hydrogens is 190 g/mol. The summed E-state index contributed by atoms with van der Waals surface area (Å²) >= 11 is 0. The number of guanidine groups is 1. The lowest BCUT2D eigenvalue weighted by molar-refractivity contribution is -0.121. The molecule has 0 spiro atoms. The van der Waals surface area contributed by atoms with Crippen LogP contribution in [0.2, 0.25) is 0 Å². The van der Waals surface area contributed by atoms with Crippen molar-refractivity contribution >= 4 is 11.9 Å². The molecule has 0 aromatic heterocycles. The van der Waals surface area contributed by atoms with E-state index in [1.807, 2.05) is 24.3 Å². The third-order valence-corrected chi connectivity index (χ3v) is 2.64. The van der Waals surface area contributed by atoms with E-state index < -0.39 is 0 Å². The lowest BCUT2D eigenvalue weighted by Gasteiger charge is -2.02. The lowest BCUT2D eigenvalue weighted by atomic mass is 10.1. The molecular formula is C11H13N3O. The zero-order valence-electron chi connectivity index (χ0n) is 8.31. The van der Waals surface area contributed by atoms with Crippen molar-refractivity contribution < 1.29 is 4.79 Å². The molecule has 0 unspecified atom stereocenters. The molecule has 1 aliphatic rings. The summed E-state index contributed by atoms with van der Waals surface area (Å²) in [5.74, 6) is -0.466. The summed E-state index contributed by atoms with van der Waals surface area (Å²) < 4.78 is 0. The van der Waals surface area contributed by atoms with E-state index in [1.54, 1.807) is 0 Å². The highest BCUT2D eigenvalue weighted by molar-refractivity contribution is 5.93. The average Bonchev–Trinajstić information content (AvgIpc) is 2.59. The topological polar surface area (TPSA) is 81.5 Å². The van der Waals surface area contributed by atoms with E-state index >= 15 is 0 Å². The summed E-state index contributed by atoms with van der Waals surface area (Å²) in [7, 11) is 0. The minimum absolute atomic E-state index is 0.0931. The van der Waals surface area contributed by atoms with Crippen LogP contribution < -0.4 is 11.5 Å². The number of rotatable bonds is 1. The Morgan fingerprint density at radius 3 is 2.20 bits per heavy atom. The molecule has 0 saturated heterocycles. The van der Waals surface area contributed by atoms with Crippen LogP contribution in [0.3, 0.4) is 0 Å². The van der Waals surface area contributed by atoms with E-state index in [-0.39, 0.29) is 17.8 Å². The van der Waals surface area contributed by atoms with Gasteiger partial charge in [-0.25, -0.2) is 0 Å². The molecule has 4 N–H and O–H groups in total. The molecule has 78 valence electrons.